The predicted octanol–water partition coefficient (Wildman–Crippen LogP) is 3.71. The summed E-state index contributed by atoms with van der Waals surface area (Å²) in [7, 11) is 0. The highest BCUT2D eigenvalue weighted by atomic mass is 32.2. The minimum Gasteiger partial charge on any atom is -0.338 e. The Kier molecular flexibility index (Phi) is 3.58. The van der Waals surface area contributed by atoms with Gasteiger partial charge in [-0.3, -0.25) is 10.1 Å². The molecule has 0 bridgehead atoms. The van der Waals surface area contributed by atoms with E-state index < -0.39 is 4.92 Å². The maximum Gasteiger partial charge on any atom is 0.269 e. The molecule has 4 rings (SSSR count). The number of para-hydroxylation sites is 1. The zero-order valence-corrected chi connectivity index (χ0v) is 13.2. The number of aromatic nitrogens is 4. The van der Waals surface area contributed by atoms with Crippen LogP contribution in [0, 0.1) is 10.1 Å². The Morgan fingerprint density at radius 3 is 2.67 bits per heavy atom. The van der Waals surface area contributed by atoms with Crippen molar-refractivity contribution in [3.63, 3.8) is 0 Å². The first-order chi connectivity index (χ1) is 11.7. The third-order valence-corrected chi connectivity index (χ3v) is 4.53. The summed E-state index contributed by atoms with van der Waals surface area (Å²) in [5.74, 6) is 0.616. The molecule has 0 unspecified atom stereocenters. The van der Waals surface area contributed by atoms with Crippen molar-refractivity contribution >= 4 is 39.5 Å². The average molecular weight is 337 g/mol. The average Bonchev–Trinajstić information content (AvgIpc) is 2.98. The van der Waals surface area contributed by atoms with Gasteiger partial charge in [-0.1, -0.05) is 42.1 Å². The molecule has 7 nitrogen and oxygen atoms in total. The SMILES string of the molecule is O=[N+]([O-])c1ccc(CSc2nnc3c(n2)[nH]c2ccccc23)cc1. The Balaban J connectivity index is 1.56. The summed E-state index contributed by atoms with van der Waals surface area (Å²) < 4.78 is 0. The molecule has 0 aliphatic rings. The summed E-state index contributed by atoms with van der Waals surface area (Å²) in [6.45, 7) is 0. The number of nitrogens with zero attached hydrogens (tertiary/aromatic N) is 4. The Hall–Kier alpha value is -3.00. The summed E-state index contributed by atoms with van der Waals surface area (Å²) in [6, 6.07) is 14.3. The van der Waals surface area contributed by atoms with Gasteiger partial charge in [-0.25, -0.2) is 4.98 Å². The molecule has 0 saturated carbocycles. The van der Waals surface area contributed by atoms with Gasteiger partial charge in [0.25, 0.3) is 5.69 Å². The van der Waals surface area contributed by atoms with E-state index in [1.165, 1.54) is 23.9 Å². The molecular formula is C16H11N5O2S. The zero-order chi connectivity index (χ0) is 16.5. The van der Waals surface area contributed by atoms with E-state index in [9.17, 15) is 10.1 Å². The number of H-pyrrole nitrogens is 1. The molecule has 0 atom stereocenters. The lowest BCUT2D eigenvalue weighted by Crippen LogP contribution is -1.92. The quantitative estimate of drug-likeness (QED) is 0.346. The van der Waals surface area contributed by atoms with Crippen molar-refractivity contribution < 1.29 is 4.92 Å². The van der Waals surface area contributed by atoms with E-state index in [1.807, 2.05) is 24.3 Å². The fourth-order valence-corrected chi connectivity index (χ4v) is 3.17. The maximum atomic E-state index is 10.7. The summed E-state index contributed by atoms with van der Waals surface area (Å²) in [5, 5.41) is 20.6. The van der Waals surface area contributed by atoms with E-state index in [4.69, 9.17) is 0 Å². The van der Waals surface area contributed by atoms with Crippen LogP contribution in [-0.4, -0.2) is 25.1 Å². The van der Waals surface area contributed by atoms with Crippen LogP contribution >= 0.6 is 11.8 Å². The number of hydrogen-bond acceptors (Lipinski definition) is 6. The van der Waals surface area contributed by atoms with Crippen molar-refractivity contribution in [2.45, 2.75) is 10.9 Å². The number of benzene rings is 2. The van der Waals surface area contributed by atoms with Gasteiger partial charge in [0.05, 0.1) is 4.92 Å². The standard InChI is InChI=1S/C16H11N5O2S/c22-21(23)11-7-5-10(6-8-11)9-24-16-18-15-14(19-20-16)12-3-1-2-4-13(12)17-15/h1-8H,9H2,(H,17,18,20). The van der Waals surface area contributed by atoms with Gasteiger partial charge in [0, 0.05) is 28.8 Å². The predicted molar refractivity (Wildman–Crippen MR) is 91.8 cm³/mol. The van der Waals surface area contributed by atoms with Gasteiger partial charge >= 0.3 is 0 Å². The van der Waals surface area contributed by atoms with Gasteiger partial charge in [0.15, 0.2) is 5.65 Å². The molecular weight excluding hydrogens is 326 g/mol. The van der Waals surface area contributed by atoms with E-state index in [2.05, 4.69) is 20.2 Å². The first-order valence-electron chi connectivity index (χ1n) is 7.18. The molecule has 1 N–H and O–H groups in total. The number of non-ortho nitro benzene ring substituents is 1. The molecule has 24 heavy (non-hydrogen) atoms. The monoisotopic (exact) mass is 337 g/mol. The van der Waals surface area contributed by atoms with Gasteiger partial charge in [-0.2, -0.15) is 0 Å². The molecule has 2 aromatic carbocycles. The van der Waals surface area contributed by atoms with Crippen molar-refractivity contribution in [3.05, 3.63) is 64.2 Å². The van der Waals surface area contributed by atoms with Crippen LogP contribution in [0.1, 0.15) is 5.56 Å². The van der Waals surface area contributed by atoms with Crippen molar-refractivity contribution in [3.8, 4) is 0 Å². The summed E-state index contributed by atoms with van der Waals surface area (Å²) in [5.41, 5.74) is 3.49. The lowest BCUT2D eigenvalue weighted by atomic mass is 10.2. The lowest BCUT2D eigenvalue weighted by Gasteiger charge is -2.00. The fraction of sp³-hybridized carbons (Fsp3) is 0.0625. The number of fused-ring (bicyclic) bond motifs is 3. The van der Waals surface area contributed by atoms with E-state index in [0.29, 0.717) is 16.6 Å². The number of nitro groups is 1. The highest BCUT2D eigenvalue weighted by Crippen LogP contribution is 2.25. The summed E-state index contributed by atoms with van der Waals surface area (Å²) >= 11 is 1.44. The van der Waals surface area contributed by atoms with E-state index in [1.54, 1.807) is 12.1 Å². The van der Waals surface area contributed by atoms with Crippen LogP contribution in [0.5, 0.6) is 0 Å². The van der Waals surface area contributed by atoms with Gasteiger partial charge in [-0.05, 0) is 11.6 Å². The molecule has 0 spiro atoms. The lowest BCUT2D eigenvalue weighted by molar-refractivity contribution is -0.384. The highest BCUT2D eigenvalue weighted by Gasteiger charge is 2.09. The smallest absolute Gasteiger partial charge is 0.269 e. The van der Waals surface area contributed by atoms with Crippen LogP contribution in [0.25, 0.3) is 22.1 Å². The number of rotatable bonds is 4. The first kappa shape index (κ1) is 14.6. The number of nitro benzene ring substituents is 1. The Morgan fingerprint density at radius 2 is 1.88 bits per heavy atom. The minimum absolute atomic E-state index is 0.0844. The van der Waals surface area contributed by atoms with Gasteiger partial charge in [0.1, 0.15) is 5.52 Å². The third kappa shape index (κ3) is 2.67. The highest BCUT2D eigenvalue weighted by molar-refractivity contribution is 7.98. The Bertz CT molecular complexity index is 1050. The van der Waals surface area contributed by atoms with E-state index in [0.717, 1.165) is 22.0 Å². The second kappa shape index (κ2) is 5.89. The molecule has 0 amide bonds. The van der Waals surface area contributed by atoms with Gasteiger partial charge < -0.3 is 4.98 Å². The van der Waals surface area contributed by atoms with Crippen molar-refractivity contribution in [2.75, 3.05) is 0 Å². The second-order valence-corrected chi connectivity index (χ2v) is 6.12. The normalized spacial score (nSPS) is 11.2. The molecule has 118 valence electrons. The number of nitrogens with one attached hydrogen (secondary N) is 1. The summed E-state index contributed by atoms with van der Waals surface area (Å²) in [4.78, 5) is 18.0. The second-order valence-electron chi connectivity index (χ2n) is 5.17. The fourth-order valence-electron chi connectivity index (χ4n) is 2.43. The van der Waals surface area contributed by atoms with Crippen LogP contribution in [0.15, 0.2) is 53.7 Å². The Morgan fingerprint density at radius 1 is 1.08 bits per heavy atom. The molecule has 0 fully saturated rings. The number of thioether (sulfide) groups is 1. The van der Waals surface area contributed by atoms with E-state index >= 15 is 0 Å². The van der Waals surface area contributed by atoms with E-state index in [-0.39, 0.29) is 5.69 Å². The third-order valence-electron chi connectivity index (χ3n) is 3.62. The molecule has 0 radical (unpaired) electrons. The Labute approximate surface area is 140 Å². The first-order valence-corrected chi connectivity index (χ1v) is 8.16. The molecule has 4 aromatic rings. The van der Waals surface area contributed by atoms with Crippen molar-refractivity contribution in [1.82, 2.24) is 20.2 Å². The van der Waals surface area contributed by atoms with Crippen molar-refractivity contribution in [1.29, 1.82) is 0 Å². The van der Waals surface area contributed by atoms with Crippen molar-refractivity contribution in [2.24, 2.45) is 0 Å². The maximum absolute atomic E-state index is 10.7. The molecule has 8 heteroatoms. The minimum atomic E-state index is -0.409. The van der Waals surface area contributed by atoms with Crippen LogP contribution in [-0.2, 0) is 5.75 Å². The van der Waals surface area contributed by atoms with Crippen LogP contribution in [0.3, 0.4) is 0 Å². The zero-order valence-electron chi connectivity index (χ0n) is 12.3. The number of hydrogen-bond donors (Lipinski definition) is 1. The van der Waals surface area contributed by atoms with Crippen LogP contribution < -0.4 is 0 Å². The van der Waals surface area contributed by atoms with Gasteiger partial charge in [-0.15, -0.1) is 10.2 Å². The van der Waals surface area contributed by atoms with Crippen LogP contribution in [0.4, 0.5) is 5.69 Å². The van der Waals surface area contributed by atoms with Gasteiger partial charge in [0.2, 0.25) is 5.16 Å². The molecule has 0 aliphatic heterocycles. The molecule has 0 saturated heterocycles. The molecule has 2 heterocycles. The largest absolute Gasteiger partial charge is 0.338 e. The molecule has 0 aliphatic carbocycles. The summed E-state index contributed by atoms with van der Waals surface area (Å²) in [6.07, 6.45) is 0. The number of aromatic amines is 1. The van der Waals surface area contributed by atoms with Crippen LogP contribution in [0.2, 0.25) is 0 Å². The topological polar surface area (TPSA) is 97.6 Å². The molecule has 2 aromatic heterocycles.